The van der Waals surface area contributed by atoms with Crippen LogP contribution < -0.4 is 10.4 Å². The van der Waals surface area contributed by atoms with Gasteiger partial charge in [-0.2, -0.15) is 0 Å². The molecule has 0 atom stereocenters. The molecule has 1 aliphatic heterocycles. The van der Waals surface area contributed by atoms with Gasteiger partial charge >= 0.3 is 5.63 Å². The average Bonchev–Trinajstić information content (AvgIpc) is 2.28. The minimum atomic E-state index is -0.487. The van der Waals surface area contributed by atoms with Crippen LogP contribution in [0.25, 0.3) is 17.0 Å². The number of phenols is 1. The highest BCUT2D eigenvalue weighted by Gasteiger charge is 2.24. The Hall–Kier alpha value is -2.23. The van der Waals surface area contributed by atoms with Crippen LogP contribution in [0.4, 0.5) is 0 Å². The molecule has 18 heavy (non-hydrogen) atoms. The molecule has 0 spiro atoms. The maximum Gasteiger partial charge on any atom is 0.336 e. The van der Waals surface area contributed by atoms with E-state index in [1.165, 1.54) is 12.1 Å². The molecule has 0 saturated heterocycles. The maximum atomic E-state index is 11.2. The second-order valence-corrected chi connectivity index (χ2v) is 4.84. The van der Waals surface area contributed by atoms with E-state index in [9.17, 15) is 9.90 Å². The summed E-state index contributed by atoms with van der Waals surface area (Å²) in [5.74, 6) is 0.494. The Labute approximate surface area is 103 Å². The lowest BCUT2D eigenvalue weighted by Gasteiger charge is -2.28. The van der Waals surface area contributed by atoms with Gasteiger partial charge in [-0.1, -0.05) is 6.08 Å². The van der Waals surface area contributed by atoms with Gasteiger partial charge in [0.05, 0.1) is 0 Å². The van der Waals surface area contributed by atoms with Crippen molar-refractivity contribution in [2.24, 2.45) is 0 Å². The number of fused-ring (bicyclic) bond motifs is 3. The average molecular weight is 244 g/mol. The lowest BCUT2D eigenvalue weighted by atomic mass is 9.99. The molecular formula is C14H12O4. The third-order valence-corrected chi connectivity index (χ3v) is 2.91. The van der Waals surface area contributed by atoms with E-state index in [4.69, 9.17) is 9.15 Å². The molecule has 2 aromatic rings. The van der Waals surface area contributed by atoms with Crippen LogP contribution in [0.2, 0.25) is 0 Å². The fourth-order valence-corrected chi connectivity index (χ4v) is 2.08. The van der Waals surface area contributed by atoms with Crippen molar-refractivity contribution in [3.05, 3.63) is 40.3 Å². The van der Waals surface area contributed by atoms with Crippen molar-refractivity contribution in [3.8, 4) is 11.5 Å². The van der Waals surface area contributed by atoms with Crippen molar-refractivity contribution >= 4 is 17.0 Å². The molecule has 4 heteroatoms. The number of rotatable bonds is 0. The minimum absolute atomic E-state index is 0.0902. The summed E-state index contributed by atoms with van der Waals surface area (Å²) in [5.41, 5.74) is 0.0989. The zero-order valence-corrected chi connectivity index (χ0v) is 10.1. The van der Waals surface area contributed by atoms with E-state index in [0.29, 0.717) is 11.1 Å². The second kappa shape index (κ2) is 3.38. The fourth-order valence-electron chi connectivity index (χ4n) is 2.08. The lowest BCUT2D eigenvalue weighted by molar-refractivity contribution is 0.159. The van der Waals surface area contributed by atoms with Gasteiger partial charge in [-0.3, -0.25) is 0 Å². The molecule has 4 nitrogen and oxygen atoms in total. The van der Waals surface area contributed by atoms with Gasteiger partial charge in [0.15, 0.2) is 11.3 Å². The first-order valence-corrected chi connectivity index (χ1v) is 5.64. The van der Waals surface area contributed by atoms with Crippen LogP contribution in [0.5, 0.6) is 11.5 Å². The van der Waals surface area contributed by atoms with Crippen molar-refractivity contribution in [1.82, 2.24) is 0 Å². The van der Waals surface area contributed by atoms with Crippen molar-refractivity contribution in [3.63, 3.8) is 0 Å². The van der Waals surface area contributed by atoms with Gasteiger partial charge in [-0.05, 0) is 26.0 Å². The molecule has 1 aromatic heterocycles. The second-order valence-electron chi connectivity index (χ2n) is 4.84. The molecular weight excluding hydrogens is 232 g/mol. The SMILES string of the molecule is CC1(C)C=Cc2c(cc(O)c3oc(=O)ccc23)O1. The zero-order valence-electron chi connectivity index (χ0n) is 10.1. The van der Waals surface area contributed by atoms with Crippen molar-refractivity contribution in [2.45, 2.75) is 19.4 Å². The number of phenolic OH excluding ortho intramolecular Hbond substituents is 1. The molecule has 0 bridgehead atoms. The number of aromatic hydroxyl groups is 1. The topological polar surface area (TPSA) is 59.7 Å². The Morgan fingerprint density at radius 3 is 2.83 bits per heavy atom. The monoisotopic (exact) mass is 244 g/mol. The summed E-state index contributed by atoms with van der Waals surface area (Å²) in [4.78, 5) is 11.2. The summed E-state index contributed by atoms with van der Waals surface area (Å²) in [6.45, 7) is 3.86. The molecule has 3 rings (SSSR count). The molecule has 92 valence electrons. The lowest BCUT2D eigenvalue weighted by Crippen LogP contribution is -2.27. The molecule has 0 radical (unpaired) electrons. The first-order chi connectivity index (χ1) is 8.46. The molecule has 0 amide bonds. The van der Waals surface area contributed by atoms with Crippen molar-refractivity contribution in [2.75, 3.05) is 0 Å². The van der Waals surface area contributed by atoms with Crippen molar-refractivity contribution < 1.29 is 14.3 Å². The van der Waals surface area contributed by atoms with Gasteiger partial charge in [-0.15, -0.1) is 0 Å². The van der Waals surface area contributed by atoms with E-state index < -0.39 is 11.2 Å². The van der Waals surface area contributed by atoms with Gasteiger partial charge in [0.1, 0.15) is 11.4 Å². The molecule has 0 aliphatic carbocycles. The Bertz CT molecular complexity index is 722. The number of hydrogen-bond donors (Lipinski definition) is 1. The van der Waals surface area contributed by atoms with Gasteiger partial charge in [0.25, 0.3) is 0 Å². The highest BCUT2D eigenvalue weighted by molar-refractivity contribution is 5.93. The van der Waals surface area contributed by atoms with Crippen LogP contribution in [0.3, 0.4) is 0 Å². The summed E-state index contributed by atoms with van der Waals surface area (Å²) in [5, 5.41) is 10.5. The normalized spacial score (nSPS) is 16.3. The largest absolute Gasteiger partial charge is 0.504 e. The first-order valence-electron chi connectivity index (χ1n) is 5.64. The van der Waals surface area contributed by atoms with Crippen LogP contribution in [0, 0.1) is 0 Å². The van der Waals surface area contributed by atoms with Gasteiger partial charge < -0.3 is 14.3 Å². The Morgan fingerprint density at radius 1 is 1.28 bits per heavy atom. The highest BCUT2D eigenvalue weighted by atomic mass is 16.5. The predicted molar refractivity (Wildman–Crippen MR) is 67.9 cm³/mol. The quantitative estimate of drug-likeness (QED) is 0.724. The van der Waals surface area contributed by atoms with E-state index in [1.54, 1.807) is 6.07 Å². The summed E-state index contributed by atoms with van der Waals surface area (Å²) < 4.78 is 10.8. The fraction of sp³-hybridized carbons (Fsp3) is 0.214. The van der Waals surface area contributed by atoms with Crippen molar-refractivity contribution in [1.29, 1.82) is 0 Å². The molecule has 2 heterocycles. The van der Waals surface area contributed by atoms with E-state index in [-0.39, 0.29) is 11.3 Å². The maximum absolute atomic E-state index is 11.2. The summed E-state index contributed by atoms with van der Waals surface area (Å²) in [6, 6.07) is 4.44. The van der Waals surface area contributed by atoms with Crippen LogP contribution >= 0.6 is 0 Å². The standard InChI is InChI=1S/C14H12O4/c1-14(2)6-5-8-9-3-4-12(16)17-13(9)10(15)7-11(8)18-14/h3-7,15H,1-2H3. The van der Waals surface area contributed by atoms with Crippen LogP contribution in [-0.2, 0) is 0 Å². The van der Waals surface area contributed by atoms with Crippen LogP contribution in [0.1, 0.15) is 19.4 Å². The molecule has 0 fully saturated rings. The first kappa shape index (κ1) is 10.9. The Morgan fingerprint density at radius 2 is 2.06 bits per heavy atom. The molecule has 1 aliphatic rings. The summed E-state index contributed by atoms with van der Waals surface area (Å²) in [6.07, 6.45) is 3.84. The van der Waals surface area contributed by atoms with E-state index in [2.05, 4.69) is 0 Å². The predicted octanol–water partition coefficient (Wildman–Crippen LogP) is 2.68. The minimum Gasteiger partial charge on any atom is -0.504 e. The summed E-state index contributed by atoms with van der Waals surface area (Å²) in [7, 11) is 0. The van der Waals surface area contributed by atoms with Crippen LogP contribution in [-0.4, -0.2) is 10.7 Å². The molecule has 1 aromatic carbocycles. The smallest absolute Gasteiger partial charge is 0.336 e. The van der Waals surface area contributed by atoms with Gasteiger partial charge in [0, 0.05) is 23.1 Å². The number of ether oxygens (including phenoxy) is 1. The van der Waals surface area contributed by atoms with Crippen LogP contribution in [0.15, 0.2) is 33.5 Å². The van der Waals surface area contributed by atoms with E-state index in [1.807, 2.05) is 26.0 Å². The van der Waals surface area contributed by atoms with E-state index >= 15 is 0 Å². The summed E-state index contributed by atoms with van der Waals surface area (Å²) >= 11 is 0. The third-order valence-electron chi connectivity index (χ3n) is 2.91. The number of hydrogen-bond acceptors (Lipinski definition) is 4. The molecule has 0 unspecified atom stereocenters. The Kier molecular flexibility index (Phi) is 2.05. The van der Waals surface area contributed by atoms with Gasteiger partial charge in [-0.25, -0.2) is 4.79 Å². The Balaban J connectivity index is 2.38. The molecule has 1 N–H and O–H groups in total. The van der Waals surface area contributed by atoms with Gasteiger partial charge in [0.2, 0.25) is 0 Å². The number of benzene rings is 1. The molecule has 0 saturated carbocycles. The van der Waals surface area contributed by atoms with E-state index in [0.717, 1.165) is 5.56 Å². The zero-order chi connectivity index (χ0) is 12.9. The third kappa shape index (κ3) is 1.57. The highest BCUT2D eigenvalue weighted by Crippen LogP contribution is 2.39.